The molecule has 1 aromatic carbocycles. The second-order valence-corrected chi connectivity index (χ2v) is 7.60. The second-order valence-electron chi connectivity index (χ2n) is 6.55. The third-order valence-corrected chi connectivity index (χ3v) is 5.93. The van der Waals surface area contributed by atoms with E-state index in [1.54, 1.807) is 12.1 Å². The Morgan fingerprint density at radius 3 is 2.71 bits per heavy atom. The van der Waals surface area contributed by atoms with Gasteiger partial charge >= 0.3 is 0 Å². The summed E-state index contributed by atoms with van der Waals surface area (Å²) in [5.74, 6) is -0.184. The lowest BCUT2D eigenvalue weighted by Gasteiger charge is -2.37. The van der Waals surface area contributed by atoms with Crippen molar-refractivity contribution in [2.75, 3.05) is 6.54 Å². The molecule has 0 radical (unpaired) electrons. The van der Waals surface area contributed by atoms with Crippen molar-refractivity contribution < 1.29 is 9.18 Å². The largest absolute Gasteiger partial charge is 0.333 e. The normalized spacial score (nSPS) is 19.3. The predicted octanol–water partition coefficient (Wildman–Crippen LogP) is 4.20. The lowest BCUT2D eigenvalue weighted by atomic mass is 9.96. The Morgan fingerprint density at radius 1 is 1.33 bits per heavy atom. The van der Waals surface area contributed by atoms with E-state index >= 15 is 0 Å². The van der Waals surface area contributed by atoms with Crippen LogP contribution in [0.3, 0.4) is 0 Å². The molecule has 128 valence electrons. The van der Waals surface area contributed by atoms with Crippen molar-refractivity contribution in [3.63, 3.8) is 0 Å². The van der Waals surface area contributed by atoms with Crippen LogP contribution in [0.15, 0.2) is 30.3 Å². The number of likely N-dealkylation sites (tertiary alicyclic amines) is 1. The topological polar surface area (TPSA) is 46.3 Å². The van der Waals surface area contributed by atoms with Gasteiger partial charge in [0, 0.05) is 23.5 Å². The van der Waals surface area contributed by atoms with Crippen molar-refractivity contribution in [1.82, 2.24) is 4.90 Å². The molecule has 1 aromatic heterocycles. The summed E-state index contributed by atoms with van der Waals surface area (Å²) in [5, 5.41) is 0. The van der Waals surface area contributed by atoms with Crippen LogP contribution < -0.4 is 5.73 Å². The van der Waals surface area contributed by atoms with Crippen molar-refractivity contribution >= 4 is 17.2 Å². The third-order valence-electron chi connectivity index (χ3n) is 4.65. The second kappa shape index (κ2) is 7.03. The summed E-state index contributed by atoms with van der Waals surface area (Å²) in [6.45, 7) is 4.74. The van der Waals surface area contributed by atoms with Gasteiger partial charge in [0.25, 0.3) is 5.91 Å². The van der Waals surface area contributed by atoms with Gasteiger partial charge in [-0.3, -0.25) is 4.79 Å². The highest BCUT2D eigenvalue weighted by atomic mass is 32.1. The standard InChI is InChI=1S/C19H23FN2OS/c1-12-11-17(24-18(12)14-6-8-15(20)9-7-14)19(23)22-10-4-3-5-16(22)13(2)21/h6-9,11,13,16H,3-5,10,21H2,1-2H3. The van der Waals surface area contributed by atoms with E-state index in [-0.39, 0.29) is 23.8 Å². The molecular weight excluding hydrogens is 323 g/mol. The molecule has 24 heavy (non-hydrogen) atoms. The molecule has 1 aliphatic rings. The van der Waals surface area contributed by atoms with Gasteiger partial charge in [-0.25, -0.2) is 4.39 Å². The van der Waals surface area contributed by atoms with Gasteiger partial charge in [0.05, 0.1) is 4.88 Å². The fraction of sp³-hybridized carbons (Fsp3) is 0.421. The van der Waals surface area contributed by atoms with Crippen LogP contribution in [0.1, 0.15) is 41.4 Å². The molecule has 2 heterocycles. The number of amides is 1. The predicted molar refractivity (Wildman–Crippen MR) is 96.8 cm³/mol. The average molecular weight is 346 g/mol. The zero-order chi connectivity index (χ0) is 17.3. The van der Waals surface area contributed by atoms with Crippen molar-refractivity contribution in [2.45, 2.75) is 45.2 Å². The number of benzene rings is 1. The van der Waals surface area contributed by atoms with Gasteiger partial charge in [0.2, 0.25) is 0 Å². The van der Waals surface area contributed by atoms with E-state index in [0.717, 1.165) is 46.7 Å². The number of nitrogens with zero attached hydrogens (tertiary/aromatic N) is 1. The summed E-state index contributed by atoms with van der Waals surface area (Å²) in [4.78, 5) is 16.7. The fourth-order valence-corrected chi connectivity index (χ4v) is 4.51. The lowest BCUT2D eigenvalue weighted by molar-refractivity contribution is 0.0589. The first-order chi connectivity index (χ1) is 11.5. The minimum Gasteiger partial charge on any atom is -0.333 e. The SMILES string of the molecule is Cc1cc(C(=O)N2CCCCC2C(C)N)sc1-c1ccc(F)cc1. The zero-order valence-corrected chi connectivity index (χ0v) is 14.9. The number of carbonyl (C=O) groups is 1. The van der Waals surface area contributed by atoms with Gasteiger partial charge in [-0.2, -0.15) is 0 Å². The van der Waals surface area contributed by atoms with Gasteiger partial charge in [0.1, 0.15) is 5.82 Å². The van der Waals surface area contributed by atoms with Crippen LogP contribution in [0.2, 0.25) is 0 Å². The molecule has 1 aliphatic heterocycles. The molecular formula is C19H23FN2OS. The molecule has 1 fully saturated rings. The van der Waals surface area contributed by atoms with Crippen LogP contribution in [-0.2, 0) is 0 Å². The maximum absolute atomic E-state index is 13.1. The van der Waals surface area contributed by atoms with Gasteiger partial charge < -0.3 is 10.6 Å². The maximum atomic E-state index is 13.1. The molecule has 3 nitrogen and oxygen atoms in total. The Bertz CT molecular complexity index is 723. The molecule has 0 bridgehead atoms. The number of piperidine rings is 1. The highest BCUT2D eigenvalue weighted by molar-refractivity contribution is 7.17. The van der Waals surface area contributed by atoms with E-state index < -0.39 is 0 Å². The molecule has 1 saturated heterocycles. The third kappa shape index (κ3) is 3.37. The van der Waals surface area contributed by atoms with E-state index in [0.29, 0.717) is 0 Å². The Labute approximate surface area is 146 Å². The summed E-state index contributed by atoms with van der Waals surface area (Å²) in [6.07, 6.45) is 3.13. The molecule has 5 heteroatoms. The number of carbonyl (C=O) groups excluding carboxylic acids is 1. The number of halogens is 1. The van der Waals surface area contributed by atoms with E-state index in [2.05, 4.69) is 0 Å². The van der Waals surface area contributed by atoms with E-state index in [4.69, 9.17) is 5.73 Å². The first kappa shape index (κ1) is 17.1. The number of hydrogen-bond donors (Lipinski definition) is 1. The Balaban J connectivity index is 1.88. The monoisotopic (exact) mass is 346 g/mol. The smallest absolute Gasteiger partial charge is 0.264 e. The summed E-state index contributed by atoms with van der Waals surface area (Å²) in [5.41, 5.74) is 8.08. The number of nitrogens with two attached hydrogens (primary N) is 1. The fourth-order valence-electron chi connectivity index (χ4n) is 3.37. The number of aryl methyl sites for hydroxylation is 1. The van der Waals surface area contributed by atoms with Crippen LogP contribution in [0.5, 0.6) is 0 Å². The van der Waals surface area contributed by atoms with Gasteiger partial charge in [-0.1, -0.05) is 12.1 Å². The number of thiophene rings is 1. The van der Waals surface area contributed by atoms with E-state index in [9.17, 15) is 9.18 Å². The lowest BCUT2D eigenvalue weighted by Crippen LogP contribution is -2.51. The molecule has 1 amide bonds. The van der Waals surface area contributed by atoms with Crippen LogP contribution >= 0.6 is 11.3 Å². The molecule has 0 spiro atoms. The highest BCUT2D eigenvalue weighted by Crippen LogP contribution is 2.34. The van der Waals surface area contributed by atoms with E-state index in [1.165, 1.54) is 23.5 Å². The van der Waals surface area contributed by atoms with Gasteiger partial charge in [-0.15, -0.1) is 11.3 Å². The molecule has 2 atom stereocenters. The zero-order valence-electron chi connectivity index (χ0n) is 14.1. The molecule has 2 unspecified atom stereocenters. The Morgan fingerprint density at radius 2 is 2.04 bits per heavy atom. The summed E-state index contributed by atoms with van der Waals surface area (Å²) >= 11 is 1.48. The molecule has 2 N–H and O–H groups in total. The minimum atomic E-state index is -0.252. The van der Waals surface area contributed by atoms with Gasteiger partial charge in [0.15, 0.2) is 0 Å². The van der Waals surface area contributed by atoms with Crippen molar-refractivity contribution in [3.8, 4) is 10.4 Å². The first-order valence-corrected chi connectivity index (χ1v) is 9.22. The quantitative estimate of drug-likeness (QED) is 0.905. The van der Waals surface area contributed by atoms with Crippen LogP contribution in [0, 0.1) is 12.7 Å². The molecule has 2 aromatic rings. The van der Waals surface area contributed by atoms with Crippen LogP contribution in [0.4, 0.5) is 4.39 Å². The molecule has 0 aliphatic carbocycles. The van der Waals surface area contributed by atoms with Crippen molar-refractivity contribution in [3.05, 3.63) is 46.6 Å². The Hall–Kier alpha value is -1.72. The number of hydrogen-bond acceptors (Lipinski definition) is 3. The first-order valence-electron chi connectivity index (χ1n) is 8.40. The Kier molecular flexibility index (Phi) is 5.01. The van der Waals surface area contributed by atoms with Crippen molar-refractivity contribution in [1.29, 1.82) is 0 Å². The van der Waals surface area contributed by atoms with Crippen LogP contribution in [-0.4, -0.2) is 29.4 Å². The molecule has 0 saturated carbocycles. The van der Waals surface area contributed by atoms with E-state index in [1.807, 2.05) is 24.8 Å². The number of rotatable bonds is 3. The average Bonchev–Trinajstić information content (AvgIpc) is 2.96. The summed E-state index contributed by atoms with van der Waals surface area (Å²) < 4.78 is 13.1. The summed E-state index contributed by atoms with van der Waals surface area (Å²) in [6, 6.07) is 8.45. The van der Waals surface area contributed by atoms with Gasteiger partial charge in [-0.05, 0) is 62.4 Å². The van der Waals surface area contributed by atoms with Crippen molar-refractivity contribution in [2.24, 2.45) is 5.73 Å². The van der Waals surface area contributed by atoms with Crippen LogP contribution in [0.25, 0.3) is 10.4 Å². The summed E-state index contributed by atoms with van der Waals surface area (Å²) in [7, 11) is 0. The maximum Gasteiger partial charge on any atom is 0.264 e. The minimum absolute atomic E-state index is 0.0214. The molecule has 3 rings (SSSR count). The highest BCUT2D eigenvalue weighted by Gasteiger charge is 2.30.